The standard InChI is InChI=1S/C12H14ClN3OS/c1-7(2)12-15-11(17-16-12)6-18-8-3-4-10(14)9(13)5-8/h3-5,7H,6,14H2,1-2H3. The summed E-state index contributed by atoms with van der Waals surface area (Å²) in [5.41, 5.74) is 6.23. The zero-order chi connectivity index (χ0) is 13.1. The zero-order valence-corrected chi connectivity index (χ0v) is 11.8. The van der Waals surface area contributed by atoms with Gasteiger partial charge in [0.1, 0.15) is 0 Å². The van der Waals surface area contributed by atoms with Crippen LogP contribution in [0.4, 0.5) is 5.69 Å². The third kappa shape index (κ3) is 3.17. The number of benzene rings is 1. The van der Waals surface area contributed by atoms with Crippen molar-refractivity contribution in [2.24, 2.45) is 0 Å². The van der Waals surface area contributed by atoms with Crippen LogP contribution in [0, 0.1) is 0 Å². The lowest BCUT2D eigenvalue weighted by molar-refractivity contribution is 0.383. The molecule has 0 saturated heterocycles. The maximum atomic E-state index is 5.95. The molecule has 0 bridgehead atoms. The van der Waals surface area contributed by atoms with E-state index in [4.69, 9.17) is 21.9 Å². The van der Waals surface area contributed by atoms with Crippen molar-refractivity contribution in [1.82, 2.24) is 10.1 Å². The van der Waals surface area contributed by atoms with Gasteiger partial charge in [0.05, 0.1) is 16.5 Å². The van der Waals surface area contributed by atoms with Gasteiger partial charge in [-0.1, -0.05) is 30.6 Å². The van der Waals surface area contributed by atoms with Crippen molar-refractivity contribution >= 4 is 29.1 Å². The second kappa shape index (κ2) is 5.63. The van der Waals surface area contributed by atoms with Gasteiger partial charge in [0, 0.05) is 10.8 Å². The molecule has 2 aromatic rings. The maximum Gasteiger partial charge on any atom is 0.237 e. The van der Waals surface area contributed by atoms with Gasteiger partial charge in [-0.25, -0.2) is 0 Å². The fourth-order valence-corrected chi connectivity index (χ4v) is 2.32. The highest BCUT2D eigenvalue weighted by Gasteiger charge is 2.10. The number of anilines is 1. The molecule has 0 aliphatic rings. The quantitative estimate of drug-likeness (QED) is 0.684. The Morgan fingerprint density at radius 3 is 2.83 bits per heavy atom. The molecule has 0 radical (unpaired) electrons. The molecule has 0 aliphatic heterocycles. The molecule has 4 nitrogen and oxygen atoms in total. The Bertz CT molecular complexity index is 542. The Kier molecular flexibility index (Phi) is 4.14. The number of hydrogen-bond donors (Lipinski definition) is 1. The van der Waals surface area contributed by atoms with Crippen molar-refractivity contribution in [3.05, 3.63) is 34.9 Å². The predicted molar refractivity (Wildman–Crippen MR) is 73.8 cm³/mol. The lowest BCUT2D eigenvalue weighted by Crippen LogP contribution is -1.90. The molecule has 0 spiro atoms. The number of halogens is 1. The second-order valence-corrected chi connectivity index (χ2v) is 5.63. The number of nitrogen functional groups attached to an aromatic ring is 1. The maximum absolute atomic E-state index is 5.95. The second-order valence-electron chi connectivity index (χ2n) is 4.17. The molecule has 0 aliphatic carbocycles. The average Bonchev–Trinajstić information content (AvgIpc) is 2.79. The van der Waals surface area contributed by atoms with Gasteiger partial charge < -0.3 is 10.3 Å². The van der Waals surface area contributed by atoms with E-state index < -0.39 is 0 Å². The first-order valence-corrected chi connectivity index (χ1v) is 6.93. The summed E-state index contributed by atoms with van der Waals surface area (Å²) in [5.74, 6) is 2.26. The summed E-state index contributed by atoms with van der Waals surface area (Å²) >= 11 is 7.54. The molecule has 0 fully saturated rings. The first-order valence-electron chi connectivity index (χ1n) is 5.56. The Morgan fingerprint density at radius 1 is 1.44 bits per heavy atom. The van der Waals surface area contributed by atoms with Crippen LogP contribution in [0.25, 0.3) is 0 Å². The van der Waals surface area contributed by atoms with Gasteiger partial charge >= 0.3 is 0 Å². The van der Waals surface area contributed by atoms with E-state index >= 15 is 0 Å². The van der Waals surface area contributed by atoms with E-state index in [-0.39, 0.29) is 5.92 Å². The molecule has 1 aromatic heterocycles. The van der Waals surface area contributed by atoms with Crippen LogP contribution < -0.4 is 5.73 Å². The molecule has 1 heterocycles. The zero-order valence-electron chi connectivity index (χ0n) is 10.2. The van der Waals surface area contributed by atoms with Crippen molar-refractivity contribution in [1.29, 1.82) is 0 Å². The van der Waals surface area contributed by atoms with E-state index in [1.807, 2.05) is 26.0 Å². The van der Waals surface area contributed by atoms with Crippen molar-refractivity contribution in [3.8, 4) is 0 Å². The number of thioether (sulfide) groups is 1. The topological polar surface area (TPSA) is 64.9 Å². The summed E-state index contributed by atoms with van der Waals surface area (Å²) < 4.78 is 5.16. The fourth-order valence-electron chi connectivity index (χ4n) is 1.30. The molecule has 6 heteroatoms. The van der Waals surface area contributed by atoms with Gasteiger partial charge in [0.25, 0.3) is 0 Å². The Morgan fingerprint density at radius 2 is 2.22 bits per heavy atom. The third-order valence-corrected chi connectivity index (χ3v) is 3.64. The third-order valence-electron chi connectivity index (χ3n) is 2.33. The molecule has 0 unspecified atom stereocenters. The average molecular weight is 284 g/mol. The van der Waals surface area contributed by atoms with E-state index in [0.717, 1.165) is 10.7 Å². The van der Waals surface area contributed by atoms with Crippen LogP contribution in [0.1, 0.15) is 31.5 Å². The molecular formula is C12H14ClN3OS. The highest BCUT2D eigenvalue weighted by molar-refractivity contribution is 7.98. The Hall–Kier alpha value is -1.20. The Balaban J connectivity index is 2.00. The minimum Gasteiger partial charge on any atom is -0.398 e. The monoisotopic (exact) mass is 283 g/mol. The fraction of sp³-hybridized carbons (Fsp3) is 0.333. The molecule has 96 valence electrons. The molecule has 2 N–H and O–H groups in total. The highest BCUT2D eigenvalue weighted by Crippen LogP contribution is 2.28. The van der Waals surface area contributed by atoms with Crippen molar-refractivity contribution < 1.29 is 4.52 Å². The number of hydrogen-bond acceptors (Lipinski definition) is 5. The van der Waals surface area contributed by atoms with Gasteiger partial charge in [-0.15, -0.1) is 11.8 Å². The van der Waals surface area contributed by atoms with Gasteiger partial charge in [0.2, 0.25) is 5.89 Å². The summed E-state index contributed by atoms with van der Waals surface area (Å²) in [4.78, 5) is 5.33. The summed E-state index contributed by atoms with van der Waals surface area (Å²) in [6.45, 7) is 4.06. The normalized spacial score (nSPS) is 11.1. The van der Waals surface area contributed by atoms with E-state index in [0.29, 0.717) is 22.4 Å². The number of rotatable bonds is 4. The number of nitrogens with two attached hydrogens (primary N) is 1. The molecule has 0 atom stereocenters. The summed E-state index contributed by atoms with van der Waals surface area (Å²) in [6.07, 6.45) is 0. The number of aromatic nitrogens is 2. The van der Waals surface area contributed by atoms with Crippen molar-refractivity contribution in [2.75, 3.05) is 5.73 Å². The van der Waals surface area contributed by atoms with Crippen LogP contribution in [0.3, 0.4) is 0 Å². The summed E-state index contributed by atoms with van der Waals surface area (Å²) in [5, 5.41) is 4.48. The van der Waals surface area contributed by atoms with E-state index in [1.165, 1.54) is 0 Å². The van der Waals surface area contributed by atoms with E-state index in [2.05, 4.69) is 10.1 Å². The molecule has 18 heavy (non-hydrogen) atoms. The van der Waals surface area contributed by atoms with Gasteiger partial charge in [-0.05, 0) is 18.2 Å². The molecule has 2 rings (SSSR count). The molecule has 1 aromatic carbocycles. The van der Waals surface area contributed by atoms with Crippen molar-refractivity contribution in [2.45, 2.75) is 30.4 Å². The van der Waals surface area contributed by atoms with Gasteiger partial charge in [-0.2, -0.15) is 4.98 Å². The molecule has 0 saturated carbocycles. The van der Waals surface area contributed by atoms with Crippen LogP contribution in [-0.2, 0) is 5.75 Å². The first kappa shape index (κ1) is 13.2. The largest absolute Gasteiger partial charge is 0.398 e. The van der Waals surface area contributed by atoms with Gasteiger partial charge in [-0.3, -0.25) is 0 Å². The minimum atomic E-state index is 0.276. The predicted octanol–water partition coefficient (Wildman–Crippen LogP) is 3.72. The highest BCUT2D eigenvalue weighted by atomic mass is 35.5. The SMILES string of the molecule is CC(C)c1noc(CSc2ccc(N)c(Cl)c2)n1. The smallest absolute Gasteiger partial charge is 0.237 e. The van der Waals surface area contributed by atoms with Crippen molar-refractivity contribution in [3.63, 3.8) is 0 Å². The lowest BCUT2D eigenvalue weighted by Gasteiger charge is -2.01. The van der Waals surface area contributed by atoms with E-state index in [9.17, 15) is 0 Å². The van der Waals surface area contributed by atoms with Crippen LogP contribution >= 0.6 is 23.4 Å². The van der Waals surface area contributed by atoms with Gasteiger partial charge in [0.15, 0.2) is 5.82 Å². The first-order chi connectivity index (χ1) is 8.56. The van der Waals surface area contributed by atoms with Crippen LogP contribution in [-0.4, -0.2) is 10.1 Å². The van der Waals surface area contributed by atoms with E-state index in [1.54, 1.807) is 17.8 Å². The van der Waals surface area contributed by atoms with Crippen LogP contribution in [0.5, 0.6) is 0 Å². The Labute approximate surface area is 115 Å². The lowest BCUT2D eigenvalue weighted by atomic mass is 10.2. The number of nitrogens with zero attached hydrogens (tertiary/aromatic N) is 2. The summed E-state index contributed by atoms with van der Waals surface area (Å²) in [6, 6.07) is 5.55. The molecule has 0 amide bonds. The minimum absolute atomic E-state index is 0.276. The molecular weight excluding hydrogens is 270 g/mol. The van der Waals surface area contributed by atoms with Crippen LogP contribution in [0.2, 0.25) is 5.02 Å². The summed E-state index contributed by atoms with van der Waals surface area (Å²) in [7, 11) is 0. The van der Waals surface area contributed by atoms with Crippen LogP contribution in [0.15, 0.2) is 27.6 Å².